The molecular formula is C23H27N3O5S. The zero-order valence-corrected chi connectivity index (χ0v) is 19.2. The zero-order valence-electron chi connectivity index (χ0n) is 18.4. The summed E-state index contributed by atoms with van der Waals surface area (Å²) in [7, 11) is 4.44. The van der Waals surface area contributed by atoms with Crippen molar-refractivity contribution in [1.82, 2.24) is 10.2 Å². The number of nitrogens with zero attached hydrogens (tertiary/aromatic N) is 1. The Morgan fingerprint density at radius 2 is 1.47 bits per heavy atom. The van der Waals surface area contributed by atoms with Crippen molar-refractivity contribution in [1.29, 1.82) is 0 Å². The fourth-order valence-electron chi connectivity index (χ4n) is 3.53. The molecule has 0 saturated carbocycles. The molecule has 1 saturated heterocycles. The van der Waals surface area contributed by atoms with Crippen molar-refractivity contribution in [3.63, 3.8) is 0 Å². The number of carbonyl (C=O) groups is 2. The smallest absolute Gasteiger partial charge is 0.257 e. The van der Waals surface area contributed by atoms with Crippen LogP contribution in [0, 0.1) is 0 Å². The van der Waals surface area contributed by atoms with Crippen LogP contribution in [0.4, 0.5) is 5.69 Å². The highest BCUT2D eigenvalue weighted by Crippen LogP contribution is 2.38. The molecule has 2 aromatic rings. The van der Waals surface area contributed by atoms with E-state index in [4.69, 9.17) is 26.4 Å². The number of benzene rings is 2. The highest BCUT2D eigenvalue weighted by atomic mass is 32.1. The molecule has 32 heavy (non-hydrogen) atoms. The molecule has 0 spiro atoms. The quantitative estimate of drug-likeness (QED) is 0.642. The molecule has 2 aromatic carbocycles. The van der Waals surface area contributed by atoms with E-state index in [1.165, 1.54) is 27.8 Å². The van der Waals surface area contributed by atoms with Crippen molar-refractivity contribution in [2.75, 3.05) is 39.7 Å². The van der Waals surface area contributed by atoms with Crippen molar-refractivity contribution < 1.29 is 23.8 Å². The normalized spacial score (nSPS) is 13.2. The van der Waals surface area contributed by atoms with Gasteiger partial charge >= 0.3 is 0 Å². The number of amides is 2. The molecular weight excluding hydrogens is 430 g/mol. The van der Waals surface area contributed by atoms with Gasteiger partial charge in [0.2, 0.25) is 5.75 Å². The predicted molar refractivity (Wildman–Crippen MR) is 126 cm³/mol. The minimum Gasteiger partial charge on any atom is -0.493 e. The molecule has 1 aliphatic rings. The third-order valence-electron chi connectivity index (χ3n) is 5.19. The summed E-state index contributed by atoms with van der Waals surface area (Å²) in [6.07, 6.45) is 3.27. The summed E-state index contributed by atoms with van der Waals surface area (Å²) in [5.74, 6) is 0.731. The largest absolute Gasteiger partial charge is 0.493 e. The van der Waals surface area contributed by atoms with Gasteiger partial charge in [0.1, 0.15) is 0 Å². The van der Waals surface area contributed by atoms with Crippen LogP contribution in [0.5, 0.6) is 17.2 Å². The lowest BCUT2D eigenvalue weighted by Gasteiger charge is -2.26. The van der Waals surface area contributed by atoms with Crippen molar-refractivity contribution in [3.8, 4) is 17.2 Å². The SMILES string of the molecule is COc1cc(C(=O)NC(=S)Nc2ccc(C(=O)N3CCCCC3)cc2)cc(OC)c1OC. The van der Waals surface area contributed by atoms with Crippen LogP contribution < -0.4 is 24.8 Å². The van der Waals surface area contributed by atoms with Gasteiger partial charge in [0.25, 0.3) is 11.8 Å². The van der Waals surface area contributed by atoms with Gasteiger partial charge in [-0.15, -0.1) is 0 Å². The van der Waals surface area contributed by atoms with E-state index in [-0.39, 0.29) is 11.0 Å². The standard InChI is InChI=1S/C23H27N3O5S/c1-29-18-13-16(14-19(30-2)20(18)31-3)21(27)25-23(32)24-17-9-7-15(8-10-17)22(28)26-11-5-4-6-12-26/h7-10,13-14H,4-6,11-12H2,1-3H3,(H2,24,25,27,32). The maximum atomic E-state index is 12.7. The van der Waals surface area contributed by atoms with Gasteiger partial charge in [-0.3, -0.25) is 14.9 Å². The highest BCUT2D eigenvalue weighted by molar-refractivity contribution is 7.80. The number of methoxy groups -OCH3 is 3. The summed E-state index contributed by atoms with van der Waals surface area (Å²) in [5, 5.41) is 5.71. The summed E-state index contributed by atoms with van der Waals surface area (Å²) >= 11 is 5.26. The molecule has 0 bridgehead atoms. The molecule has 0 aromatic heterocycles. The maximum Gasteiger partial charge on any atom is 0.257 e. The Labute approximate surface area is 192 Å². The van der Waals surface area contributed by atoms with E-state index in [0.29, 0.717) is 34.1 Å². The number of thiocarbonyl (C=S) groups is 1. The first kappa shape index (κ1) is 23.3. The Bertz CT molecular complexity index is 963. The summed E-state index contributed by atoms with van der Waals surface area (Å²) < 4.78 is 15.8. The molecule has 1 fully saturated rings. The molecule has 0 unspecified atom stereocenters. The lowest BCUT2D eigenvalue weighted by molar-refractivity contribution is 0.0724. The first-order valence-electron chi connectivity index (χ1n) is 10.3. The average molecular weight is 458 g/mol. The summed E-state index contributed by atoms with van der Waals surface area (Å²) in [6, 6.07) is 10.1. The Kier molecular flexibility index (Phi) is 7.88. The number of piperidine rings is 1. The summed E-state index contributed by atoms with van der Waals surface area (Å²) in [6.45, 7) is 1.60. The van der Waals surface area contributed by atoms with E-state index in [1.807, 2.05) is 4.90 Å². The van der Waals surface area contributed by atoms with Gasteiger partial charge in [-0.05, 0) is 67.9 Å². The molecule has 170 valence electrons. The summed E-state index contributed by atoms with van der Waals surface area (Å²) in [5.41, 5.74) is 1.59. The minimum atomic E-state index is -0.432. The van der Waals surface area contributed by atoms with E-state index in [9.17, 15) is 9.59 Å². The van der Waals surface area contributed by atoms with Crippen LogP contribution in [0.15, 0.2) is 36.4 Å². The number of nitrogens with one attached hydrogen (secondary N) is 2. The number of likely N-dealkylation sites (tertiary alicyclic amines) is 1. The van der Waals surface area contributed by atoms with E-state index in [1.54, 1.807) is 36.4 Å². The van der Waals surface area contributed by atoms with E-state index >= 15 is 0 Å². The van der Waals surface area contributed by atoms with Gasteiger partial charge in [0.05, 0.1) is 21.3 Å². The van der Waals surface area contributed by atoms with E-state index < -0.39 is 5.91 Å². The second-order valence-corrected chi connectivity index (χ2v) is 7.66. The maximum absolute atomic E-state index is 12.7. The van der Waals surface area contributed by atoms with Crippen molar-refractivity contribution in [2.24, 2.45) is 0 Å². The zero-order chi connectivity index (χ0) is 23.1. The Balaban J connectivity index is 1.63. The molecule has 1 heterocycles. The Morgan fingerprint density at radius 3 is 2.00 bits per heavy atom. The number of ether oxygens (including phenoxy) is 3. The van der Waals surface area contributed by atoms with Gasteiger partial charge in [-0.2, -0.15) is 0 Å². The van der Waals surface area contributed by atoms with Gasteiger partial charge in [0, 0.05) is 29.9 Å². The molecule has 8 nitrogen and oxygen atoms in total. The first-order chi connectivity index (χ1) is 15.5. The lowest BCUT2D eigenvalue weighted by Crippen LogP contribution is -2.35. The van der Waals surface area contributed by atoms with Crippen LogP contribution in [-0.4, -0.2) is 56.2 Å². The van der Waals surface area contributed by atoms with Crippen molar-refractivity contribution >= 4 is 34.8 Å². The molecule has 0 atom stereocenters. The van der Waals surface area contributed by atoms with E-state index in [0.717, 1.165) is 25.9 Å². The van der Waals surface area contributed by atoms with Crippen LogP contribution in [0.25, 0.3) is 0 Å². The fraction of sp³-hybridized carbons (Fsp3) is 0.348. The molecule has 0 aliphatic carbocycles. The Hall–Kier alpha value is -3.33. The van der Waals surface area contributed by atoms with Crippen LogP contribution in [0.1, 0.15) is 40.0 Å². The average Bonchev–Trinajstić information content (AvgIpc) is 2.83. The van der Waals surface area contributed by atoms with E-state index in [2.05, 4.69) is 10.6 Å². The second kappa shape index (κ2) is 10.8. The molecule has 1 aliphatic heterocycles. The second-order valence-electron chi connectivity index (χ2n) is 7.25. The molecule has 2 amide bonds. The van der Waals surface area contributed by atoms with Crippen molar-refractivity contribution in [3.05, 3.63) is 47.5 Å². The fourth-order valence-corrected chi connectivity index (χ4v) is 3.74. The topological polar surface area (TPSA) is 89.1 Å². The number of carbonyl (C=O) groups excluding carboxylic acids is 2. The van der Waals surface area contributed by atoms with Crippen LogP contribution in [-0.2, 0) is 0 Å². The predicted octanol–water partition coefficient (Wildman–Crippen LogP) is 3.47. The van der Waals surface area contributed by atoms with Crippen LogP contribution in [0.2, 0.25) is 0 Å². The molecule has 9 heteroatoms. The third kappa shape index (κ3) is 5.47. The number of anilines is 1. The van der Waals surface area contributed by atoms with Crippen LogP contribution >= 0.6 is 12.2 Å². The molecule has 2 N–H and O–H groups in total. The highest BCUT2D eigenvalue weighted by Gasteiger charge is 2.19. The third-order valence-corrected chi connectivity index (χ3v) is 5.39. The molecule has 0 radical (unpaired) electrons. The monoisotopic (exact) mass is 457 g/mol. The Morgan fingerprint density at radius 1 is 0.875 bits per heavy atom. The van der Waals surface area contributed by atoms with Gasteiger partial charge < -0.3 is 24.4 Å². The first-order valence-corrected chi connectivity index (χ1v) is 10.7. The summed E-state index contributed by atoms with van der Waals surface area (Å²) in [4.78, 5) is 27.1. The van der Waals surface area contributed by atoms with Gasteiger partial charge in [-0.25, -0.2) is 0 Å². The minimum absolute atomic E-state index is 0.0366. The van der Waals surface area contributed by atoms with Gasteiger partial charge in [-0.1, -0.05) is 0 Å². The lowest BCUT2D eigenvalue weighted by atomic mass is 10.1. The van der Waals surface area contributed by atoms with Gasteiger partial charge in [0.15, 0.2) is 16.6 Å². The number of hydrogen-bond acceptors (Lipinski definition) is 6. The number of rotatable bonds is 6. The molecule has 3 rings (SSSR count). The van der Waals surface area contributed by atoms with Crippen LogP contribution in [0.3, 0.4) is 0 Å². The van der Waals surface area contributed by atoms with Crippen molar-refractivity contribution in [2.45, 2.75) is 19.3 Å². The number of hydrogen-bond donors (Lipinski definition) is 2.